The van der Waals surface area contributed by atoms with E-state index in [1.807, 2.05) is 0 Å². The molecule has 0 aromatic rings. The average Bonchev–Trinajstić information content (AvgIpc) is 1.80. The van der Waals surface area contributed by atoms with E-state index in [0.717, 1.165) is 0 Å². The van der Waals surface area contributed by atoms with Gasteiger partial charge in [0.05, 0.1) is 0 Å². The van der Waals surface area contributed by atoms with Gasteiger partial charge in [-0.25, -0.2) is 19.2 Å². The Bertz CT molecular complexity index is 233. The summed E-state index contributed by atoms with van der Waals surface area (Å²) in [6.45, 7) is 0. The minimum Gasteiger partial charge on any atom is -0.351 e. The van der Waals surface area contributed by atoms with Gasteiger partial charge in [0, 0.05) is 31.9 Å². The molecule has 0 unspecified atom stereocenters. The highest BCUT2D eigenvalue weighted by Gasteiger charge is 2.17. The third kappa shape index (κ3) is 7.40. The molecule has 0 amide bonds. The Hall–Kier alpha value is -0.960. The number of carbonyl (C=O) groups is 4. The van der Waals surface area contributed by atoms with Crippen molar-refractivity contribution >= 4 is 53.9 Å². The fraction of sp³-hybridized carbons (Fsp3) is 0. The van der Waals surface area contributed by atoms with Gasteiger partial charge in [-0.15, -0.1) is 0 Å². The minimum absolute atomic E-state index is 1.14. The number of hydrogen-bond donors (Lipinski definition) is 0. The summed E-state index contributed by atoms with van der Waals surface area (Å²) >= 11 is 4.45. The van der Waals surface area contributed by atoms with Crippen LogP contribution in [-0.2, 0) is 14.2 Å². The first kappa shape index (κ1) is 12.0. The van der Waals surface area contributed by atoms with Crippen LogP contribution in [0.2, 0.25) is 0 Å². The summed E-state index contributed by atoms with van der Waals surface area (Å²) < 4.78 is 11.0. The molecule has 0 rings (SSSR count). The predicted octanol–water partition coefficient (Wildman–Crippen LogP) is 2.31. The summed E-state index contributed by atoms with van der Waals surface area (Å²) in [6, 6.07) is 0. The normalized spacial score (nSPS) is 8.46. The molecule has 9 heteroatoms. The zero-order valence-corrected chi connectivity index (χ0v) is 8.79. The van der Waals surface area contributed by atoms with Crippen LogP contribution in [0.25, 0.3) is 0 Å². The van der Waals surface area contributed by atoms with Gasteiger partial charge < -0.3 is 14.2 Å². The van der Waals surface area contributed by atoms with E-state index in [4.69, 9.17) is 0 Å². The van der Waals surface area contributed by atoms with Crippen molar-refractivity contribution in [2.75, 3.05) is 0 Å². The summed E-state index contributed by atoms with van der Waals surface area (Å²) in [7, 11) is 0. The largest absolute Gasteiger partial charge is 0.527 e. The van der Waals surface area contributed by atoms with E-state index in [-0.39, 0.29) is 0 Å². The van der Waals surface area contributed by atoms with Gasteiger partial charge in [0.1, 0.15) is 0 Å². The Balaban J connectivity index is 3.85. The molecule has 0 spiro atoms. The second-order valence-electron chi connectivity index (χ2n) is 1.28. The van der Waals surface area contributed by atoms with Crippen molar-refractivity contribution in [3.05, 3.63) is 0 Å². The van der Waals surface area contributed by atoms with Crippen LogP contribution in [-0.4, -0.2) is 22.1 Å². The molecular formula is C4Br2O7. The number of ether oxygens (including phenoxy) is 3. The van der Waals surface area contributed by atoms with E-state index in [1.165, 1.54) is 0 Å². The van der Waals surface area contributed by atoms with Crippen molar-refractivity contribution in [1.82, 2.24) is 0 Å². The third-order valence-corrected chi connectivity index (χ3v) is 0.818. The maximum absolute atomic E-state index is 10.3. The lowest BCUT2D eigenvalue weighted by molar-refractivity contribution is 0.0722. The molecule has 0 aromatic heterocycles. The first-order valence-corrected chi connectivity index (χ1v) is 4.01. The molecule has 0 saturated carbocycles. The van der Waals surface area contributed by atoms with Crippen molar-refractivity contribution in [2.24, 2.45) is 0 Å². The van der Waals surface area contributed by atoms with Crippen LogP contribution in [0.5, 0.6) is 0 Å². The average molecular weight is 320 g/mol. The number of halogens is 2. The Labute approximate surface area is 87.6 Å². The minimum atomic E-state index is -1.61. The Morgan fingerprint density at radius 2 is 1.00 bits per heavy atom. The van der Waals surface area contributed by atoms with Crippen LogP contribution < -0.4 is 0 Å². The smallest absolute Gasteiger partial charge is 0.351 e. The molecule has 0 aromatic carbocycles. The maximum Gasteiger partial charge on any atom is 0.527 e. The zero-order valence-electron chi connectivity index (χ0n) is 5.61. The quantitative estimate of drug-likeness (QED) is 0.384. The van der Waals surface area contributed by atoms with Crippen molar-refractivity contribution in [3.8, 4) is 0 Å². The van der Waals surface area contributed by atoms with Crippen molar-refractivity contribution < 1.29 is 33.4 Å². The van der Waals surface area contributed by atoms with Crippen LogP contribution in [0.3, 0.4) is 0 Å². The lowest BCUT2D eigenvalue weighted by Crippen LogP contribution is -2.16. The lowest BCUT2D eigenvalue weighted by atomic mass is 11.2. The second-order valence-corrected chi connectivity index (χ2v) is 2.58. The fourth-order valence-electron chi connectivity index (χ4n) is 0.241. The van der Waals surface area contributed by atoms with Gasteiger partial charge in [-0.2, -0.15) is 0 Å². The highest BCUT2D eigenvalue weighted by atomic mass is 79.9. The number of carbonyl (C=O) groups excluding carboxylic acids is 4. The molecule has 0 aliphatic heterocycles. The van der Waals surface area contributed by atoms with E-state index >= 15 is 0 Å². The number of rotatable bonds is 0. The Morgan fingerprint density at radius 3 is 1.23 bits per heavy atom. The summed E-state index contributed by atoms with van der Waals surface area (Å²) in [5.74, 6) is 0. The van der Waals surface area contributed by atoms with Gasteiger partial charge in [-0.3, -0.25) is 0 Å². The second kappa shape index (κ2) is 5.65. The molecule has 0 aliphatic rings. The van der Waals surface area contributed by atoms with Gasteiger partial charge in [0.25, 0.3) is 0 Å². The van der Waals surface area contributed by atoms with Crippen LogP contribution in [0.15, 0.2) is 0 Å². The van der Waals surface area contributed by atoms with Crippen LogP contribution in [0, 0.1) is 0 Å². The van der Waals surface area contributed by atoms with Crippen molar-refractivity contribution in [3.63, 3.8) is 0 Å². The zero-order chi connectivity index (χ0) is 10.4. The van der Waals surface area contributed by atoms with Gasteiger partial charge in [0.15, 0.2) is 0 Å². The monoisotopic (exact) mass is 318 g/mol. The van der Waals surface area contributed by atoms with E-state index < -0.39 is 22.1 Å². The molecule has 13 heavy (non-hydrogen) atoms. The van der Waals surface area contributed by atoms with Crippen molar-refractivity contribution in [2.45, 2.75) is 0 Å². The fourth-order valence-corrected chi connectivity index (χ4v) is 0.505. The topological polar surface area (TPSA) is 96.0 Å². The van der Waals surface area contributed by atoms with Crippen molar-refractivity contribution in [1.29, 1.82) is 0 Å². The molecule has 0 N–H and O–H groups in total. The summed E-state index contributed by atoms with van der Waals surface area (Å²) in [4.78, 5) is 38.4. The molecule has 0 radical (unpaired) electrons. The molecule has 7 nitrogen and oxygen atoms in total. The van der Waals surface area contributed by atoms with E-state index in [1.54, 1.807) is 0 Å². The Kier molecular flexibility index (Phi) is 5.23. The van der Waals surface area contributed by atoms with E-state index in [0.29, 0.717) is 0 Å². The first-order chi connectivity index (χ1) is 5.91. The summed E-state index contributed by atoms with van der Waals surface area (Å²) in [5.41, 5.74) is 0. The molecule has 0 bridgehead atoms. The summed E-state index contributed by atoms with van der Waals surface area (Å²) in [6.07, 6.45) is -3.22. The third-order valence-electron chi connectivity index (χ3n) is 0.494. The summed E-state index contributed by atoms with van der Waals surface area (Å²) in [5, 5.41) is 0. The van der Waals surface area contributed by atoms with Gasteiger partial charge >= 0.3 is 22.1 Å². The van der Waals surface area contributed by atoms with Gasteiger partial charge in [0.2, 0.25) is 0 Å². The highest BCUT2D eigenvalue weighted by molar-refractivity contribution is 9.18. The highest BCUT2D eigenvalue weighted by Crippen LogP contribution is 1.98. The molecule has 0 atom stereocenters. The van der Waals surface area contributed by atoms with Gasteiger partial charge in [-0.1, -0.05) is 0 Å². The predicted molar refractivity (Wildman–Crippen MR) is 42.7 cm³/mol. The molecule has 0 heterocycles. The standard InChI is InChI=1S/C4Br2O7/c5-1(7)11-3(9)13-4(10)12-2(6)8. The first-order valence-electron chi connectivity index (χ1n) is 2.42. The van der Waals surface area contributed by atoms with Crippen LogP contribution >= 0.6 is 31.9 Å². The van der Waals surface area contributed by atoms with Crippen LogP contribution in [0.4, 0.5) is 19.2 Å². The van der Waals surface area contributed by atoms with E-state index in [9.17, 15) is 19.2 Å². The molecule has 0 fully saturated rings. The van der Waals surface area contributed by atoms with Gasteiger partial charge in [-0.05, 0) is 0 Å². The number of hydrogen-bond acceptors (Lipinski definition) is 7. The SMILES string of the molecule is O=C(Br)OC(=O)OC(=O)OC(=O)Br. The Morgan fingerprint density at radius 1 is 0.692 bits per heavy atom. The lowest BCUT2D eigenvalue weighted by Gasteiger charge is -1.97. The maximum atomic E-state index is 10.3. The molecular weight excluding hydrogens is 320 g/mol. The van der Waals surface area contributed by atoms with Crippen LogP contribution in [0.1, 0.15) is 0 Å². The van der Waals surface area contributed by atoms with E-state index in [2.05, 4.69) is 46.1 Å². The molecule has 0 aliphatic carbocycles. The molecule has 0 saturated heterocycles. The molecule has 72 valence electrons.